The maximum absolute atomic E-state index is 11.9. The normalized spacial score (nSPS) is 16.7. The van der Waals surface area contributed by atoms with Gasteiger partial charge >= 0.3 is 0 Å². The molecule has 5 nitrogen and oxygen atoms in total. The van der Waals surface area contributed by atoms with Crippen molar-refractivity contribution in [2.24, 2.45) is 5.73 Å². The smallest absolute Gasteiger partial charge is 0.161 e. The summed E-state index contributed by atoms with van der Waals surface area (Å²) in [5.41, 5.74) is 7.04. The molecule has 1 aliphatic rings. The lowest BCUT2D eigenvalue weighted by Crippen LogP contribution is -2.21. The molecule has 20 heavy (non-hydrogen) atoms. The number of benzene rings is 1. The highest BCUT2D eigenvalue weighted by molar-refractivity contribution is 7.85. The molecule has 0 saturated heterocycles. The van der Waals surface area contributed by atoms with Crippen LogP contribution in [-0.2, 0) is 15.5 Å². The van der Waals surface area contributed by atoms with Crippen LogP contribution < -0.4 is 15.2 Å². The first-order chi connectivity index (χ1) is 9.70. The Morgan fingerprint density at radius 1 is 1.35 bits per heavy atom. The monoisotopic (exact) mass is 299 g/mol. The first kappa shape index (κ1) is 15.3. The molecule has 0 amide bonds. The SMILES string of the molecule is COCCCS(=O)CC(N)c1ccc2c(c1)OCCO2. The van der Waals surface area contributed by atoms with E-state index in [-0.39, 0.29) is 6.04 Å². The standard InChI is InChI=1S/C14H21NO4S/c1-17-5-2-8-20(16)10-12(15)11-3-4-13-14(9-11)19-7-6-18-13/h3-4,9,12H,2,5-8,10,15H2,1H3. The molecule has 2 N–H and O–H groups in total. The van der Waals surface area contributed by atoms with Gasteiger partial charge in [0.05, 0.1) is 0 Å². The van der Waals surface area contributed by atoms with E-state index in [9.17, 15) is 4.21 Å². The zero-order valence-corrected chi connectivity index (χ0v) is 12.5. The first-order valence-corrected chi connectivity index (χ1v) is 8.18. The molecule has 0 aromatic heterocycles. The first-order valence-electron chi connectivity index (χ1n) is 6.69. The third-order valence-corrected chi connectivity index (χ3v) is 4.56. The summed E-state index contributed by atoms with van der Waals surface area (Å²) in [6, 6.07) is 5.39. The Hall–Kier alpha value is -1.11. The maximum Gasteiger partial charge on any atom is 0.161 e. The summed E-state index contributed by atoms with van der Waals surface area (Å²) in [6.07, 6.45) is 0.789. The van der Waals surface area contributed by atoms with Gasteiger partial charge in [-0.15, -0.1) is 0 Å². The average molecular weight is 299 g/mol. The van der Waals surface area contributed by atoms with Gasteiger partial charge in [0.15, 0.2) is 11.5 Å². The quantitative estimate of drug-likeness (QED) is 0.767. The highest BCUT2D eigenvalue weighted by Crippen LogP contribution is 2.32. The summed E-state index contributed by atoms with van der Waals surface area (Å²) in [5.74, 6) is 2.53. The Labute approximate surface area is 121 Å². The second kappa shape index (κ2) is 7.61. The van der Waals surface area contributed by atoms with Gasteiger partial charge in [-0.3, -0.25) is 4.21 Å². The van der Waals surface area contributed by atoms with E-state index in [1.165, 1.54) is 0 Å². The molecule has 2 rings (SSSR count). The minimum absolute atomic E-state index is 0.255. The highest BCUT2D eigenvalue weighted by Gasteiger charge is 2.16. The van der Waals surface area contributed by atoms with Gasteiger partial charge in [0.2, 0.25) is 0 Å². The molecule has 0 radical (unpaired) electrons. The predicted octanol–water partition coefficient (Wildman–Crippen LogP) is 1.24. The van der Waals surface area contributed by atoms with Crippen LogP contribution in [0.2, 0.25) is 0 Å². The van der Waals surface area contributed by atoms with Gasteiger partial charge in [0.1, 0.15) is 13.2 Å². The molecule has 0 bridgehead atoms. The number of nitrogens with two attached hydrogens (primary N) is 1. The van der Waals surface area contributed by atoms with Crippen molar-refractivity contribution in [2.45, 2.75) is 12.5 Å². The fourth-order valence-electron chi connectivity index (χ4n) is 2.03. The van der Waals surface area contributed by atoms with Crippen molar-refractivity contribution >= 4 is 10.8 Å². The van der Waals surface area contributed by atoms with E-state index in [1.807, 2.05) is 18.2 Å². The van der Waals surface area contributed by atoms with E-state index in [1.54, 1.807) is 7.11 Å². The molecule has 2 unspecified atom stereocenters. The fraction of sp³-hybridized carbons (Fsp3) is 0.571. The third kappa shape index (κ3) is 4.19. The largest absolute Gasteiger partial charge is 0.486 e. The molecule has 1 aromatic rings. The molecule has 2 atom stereocenters. The molecule has 6 heteroatoms. The van der Waals surface area contributed by atoms with Crippen LogP contribution >= 0.6 is 0 Å². The minimum Gasteiger partial charge on any atom is -0.486 e. The molecular weight excluding hydrogens is 278 g/mol. The molecular formula is C14H21NO4S. The molecule has 0 saturated carbocycles. The Kier molecular flexibility index (Phi) is 5.82. The van der Waals surface area contributed by atoms with Gasteiger partial charge in [0, 0.05) is 42.1 Å². The minimum atomic E-state index is -0.931. The summed E-state index contributed by atoms with van der Waals surface area (Å²) in [4.78, 5) is 0. The second-order valence-corrected chi connectivity index (χ2v) is 6.29. The number of rotatable bonds is 7. The lowest BCUT2D eigenvalue weighted by atomic mass is 10.1. The summed E-state index contributed by atoms with van der Waals surface area (Å²) in [6.45, 7) is 1.75. The number of hydrogen-bond donors (Lipinski definition) is 1. The maximum atomic E-state index is 11.9. The zero-order chi connectivity index (χ0) is 14.4. The Bertz CT molecular complexity index is 466. The Morgan fingerprint density at radius 2 is 2.10 bits per heavy atom. The average Bonchev–Trinajstić information content (AvgIpc) is 2.47. The Morgan fingerprint density at radius 3 is 2.85 bits per heavy atom. The Balaban J connectivity index is 1.91. The van der Waals surface area contributed by atoms with Crippen molar-refractivity contribution in [3.05, 3.63) is 23.8 Å². The molecule has 1 aromatic carbocycles. The van der Waals surface area contributed by atoms with Crippen molar-refractivity contribution in [1.82, 2.24) is 0 Å². The number of methoxy groups -OCH3 is 1. The molecule has 0 aliphatic carbocycles. The van der Waals surface area contributed by atoms with Crippen LogP contribution in [0.4, 0.5) is 0 Å². The van der Waals surface area contributed by atoms with Gasteiger partial charge < -0.3 is 19.9 Å². The van der Waals surface area contributed by atoms with Crippen LogP contribution in [0.1, 0.15) is 18.0 Å². The van der Waals surface area contributed by atoms with Gasteiger partial charge in [-0.05, 0) is 24.1 Å². The van der Waals surface area contributed by atoms with Crippen molar-refractivity contribution in [2.75, 3.05) is 38.4 Å². The van der Waals surface area contributed by atoms with Gasteiger partial charge in [-0.25, -0.2) is 0 Å². The zero-order valence-electron chi connectivity index (χ0n) is 11.7. The predicted molar refractivity (Wildman–Crippen MR) is 78.7 cm³/mol. The number of ether oxygens (including phenoxy) is 3. The lowest BCUT2D eigenvalue weighted by molar-refractivity contribution is 0.171. The van der Waals surface area contributed by atoms with E-state index in [0.717, 1.165) is 23.5 Å². The van der Waals surface area contributed by atoms with E-state index >= 15 is 0 Å². The van der Waals surface area contributed by atoms with E-state index < -0.39 is 10.8 Å². The van der Waals surface area contributed by atoms with Crippen molar-refractivity contribution in [1.29, 1.82) is 0 Å². The summed E-state index contributed by atoms with van der Waals surface area (Å²) in [7, 11) is 0.712. The van der Waals surface area contributed by atoms with E-state index in [4.69, 9.17) is 19.9 Å². The van der Waals surface area contributed by atoms with Crippen LogP contribution in [0.15, 0.2) is 18.2 Å². The molecule has 112 valence electrons. The van der Waals surface area contributed by atoms with E-state index in [2.05, 4.69) is 0 Å². The summed E-state index contributed by atoms with van der Waals surface area (Å²) in [5, 5.41) is 0. The molecule has 1 heterocycles. The fourth-order valence-corrected chi connectivity index (χ4v) is 3.23. The van der Waals surface area contributed by atoms with Crippen LogP contribution in [0, 0.1) is 0 Å². The lowest BCUT2D eigenvalue weighted by Gasteiger charge is -2.20. The third-order valence-electron chi connectivity index (χ3n) is 3.08. The highest BCUT2D eigenvalue weighted by atomic mass is 32.2. The molecule has 0 fully saturated rings. The van der Waals surface area contributed by atoms with Crippen molar-refractivity contribution in [3.63, 3.8) is 0 Å². The van der Waals surface area contributed by atoms with Crippen molar-refractivity contribution < 1.29 is 18.4 Å². The van der Waals surface area contributed by atoms with Gasteiger partial charge in [-0.1, -0.05) is 6.07 Å². The van der Waals surface area contributed by atoms with Crippen LogP contribution in [-0.4, -0.2) is 42.6 Å². The van der Waals surface area contributed by atoms with Gasteiger partial charge in [0.25, 0.3) is 0 Å². The van der Waals surface area contributed by atoms with Crippen LogP contribution in [0.5, 0.6) is 11.5 Å². The van der Waals surface area contributed by atoms with E-state index in [0.29, 0.717) is 31.3 Å². The van der Waals surface area contributed by atoms with Gasteiger partial charge in [-0.2, -0.15) is 0 Å². The van der Waals surface area contributed by atoms with Crippen molar-refractivity contribution in [3.8, 4) is 11.5 Å². The molecule has 0 spiro atoms. The number of hydrogen-bond acceptors (Lipinski definition) is 5. The topological polar surface area (TPSA) is 70.8 Å². The molecule has 1 aliphatic heterocycles. The number of fused-ring (bicyclic) bond motifs is 1. The summed E-state index contributed by atoms with van der Waals surface area (Å²) >= 11 is 0. The van der Waals surface area contributed by atoms with Crippen LogP contribution in [0.25, 0.3) is 0 Å². The van der Waals surface area contributed by atoms with Crippen LogP contribution in [0.3, 0.4) is 0 Å². The second-order valence-electron chi connectivity index (χ2n) is 4.67. The summed E-state index contributed by atoms with van der Waals surface area (Å²) < 4.78 is 27.8.